The largest absolute Gasteiger partial charge is 0.483 e. The predicted octanol–water partition coefficient (Wildman–Crippen LogP) is 1.92. The normalized spacial score (nSPS) is 28.5. The number of rotatable bonds is 1. The van der Waals surface area contributed by atoms with Crippen LogP contribution in [0.25, 0.3) is 0 Å². The second-order valence-electron chi connectivity index (χ2n) is 3.81. The molecule has 0 aromatic rings. The molecule has 0 aromatic carbocycles. The van der Waals surface area contributed by atoms with Crippen LogP contribution in [0.5, 0.6) is 0 Å². The summed E-state index contributed by atoms with van der Waals surface area (Å²) in [6.07, 6.45) is 0. The maximum Gasteiger partial charge on any atom is 0.208 e. The summed E-state index contributed by atoms with van der Waals surface area (Å²) in [6, 6.07) is 0.283. The molecule has 74 valence electrons. The van der Waals surface area contributed by atoms with Crippen LogP contribution in [0.2, 0.25) is 0 Å². The number of ether oxygens (including phenoxy) is 1. The van der Waals surface area contributed by atoms with E-state index >= 15 is 0 Å². The molecule has 1 rings (SSSR count). The number of hydrogen-bond acceptors (Lipinski definition) is 3. The van der Waals surface area contributed by atoms with E-state index < -0.39 is 0 Å². The molecule has 1 heterocycles. The van der Waals surface area contributed by atoms with Gasteiger partial charge in [-0.05, 0) is 19.8 Å². The quantitative estimate of drug-likeness (QED) is 0.610. The minimum absolute atomic E-state index is 0.0833. The number of hydrogen-bond donors (Lipinski definition) is 0. The van der Waals surface area contributed by atoms with E-state index in [0.29, 0.717) is 5.92 Å². The number of nitrogens with zero attached hydrogens (tertiary/aromatic N) is 2. The molecule has 3 nitrogen and oxygen atoms in total. The molecule has 0 unspecified atom stereocenters. The lowest BCUT2D eigenvalue weighted by Gasteiger charge is -2.24. The van der Waals surface area contributed by atoms with E-state index in [-0.39, 0.29) is 12.1 Å². The molecule has 0 spiro atoms. The van der Waals surface area contributed by atoms with Gasteiger partial charge in [0.25, 0.3) is 0 Å². The highest BCUT2D eigenvalue weighted by Crippen LogP contribution is 2.16. The molecule has 0 N–H and O–H groups in total. The van der Waals surface area contributed by atoms with Crippen molar-refractivity contribution >= 4 is 11.6 Å². The van der Waals surface area contributed by atoms with Crippen molar-refractivity contribution in [3.05, 3.63) is 0 Å². The highest BCUT2D eigenvalue weighted by Gasteiger charge is 2.24. The fourth-order valence-corrected chi connectivity index (χ4v) is 1.63. The van der Waals surface area contributed by atoms with Gasteiger partial charge < -0.3 is 4.74 Å². The van der Waals surface area contributed by atoms with Gasteiger partial charge in [-0.2, -0.15) is 0 Å². The summed E-state index contributed by atoms with van der Waals surface area (Å²) in [6.45, 7) is 8.34. The van der Waals surface area contributed by atoms with Crippen LogP contribution in [0.1, 0.15) is 27.7 Å². The topological polar surface area (TPSA) is 34.0 Å². The van der Waals surface area contributed by atoms with Crippen molar-refractivity contribution in [3.8, 4) is 0 Å². The van der Waals surface area contributed by atoms with E-state index in [2.05, 4.69) is 23.8 Å². The Bertz CT molecular complexity index is 243. The van der Waals surface area contributed by atoms with Gasteiger partial charge in [0.1, 0.15) is 6.04 Å². The van der Waals surface area contributed by atoms with E-state index in [0.717, 1.165) is 11.6 Å². The van der Waals surface area contributed by atoms with Crippen molar-refractivity contribution in [1.82, 2.24) is 0 Å². The Kier molecular flexibility index (Phi) is 3.07. The van der Waals surface area contributed by atoms with Gasteiger partial charge in [0.05, 0.1) is 13.2 Å². The van der Waals surface area contributed by atoms with Gasteiger partial charge in [0.2, 0.25) is 5.90 Å². The number of methoxy groups -OCH3 is 1. The first kappa shape index (κ1) is 10.2. The van der Waals surface area contributed by atoms with E-state index in [4.69, 9.17) is 4.74 Å². The molecule has 0 saturated heterocycles. The molecule has 2 atom stereocenters. The van der Waals surface area contributed by atoms with Crippen molar-refractivity contribution in [1.29, 1.82) is 0 Å². The summed E-state index contributed by atoms with van der Waals surface area (Å²) < 4.78 is 5.18. The van der Waals surface area contributed by atoms with Crippen LogP contribution in [0.15, 0.2) is 9.98 Å². The summed E-state index contributed by atoms with van der Waals surface area (Å²) >= 11 is 0. The average Bonchev–Trinajstić information content (AvgIpc) is 2.03. The van der Waals surface area contributed by atoms with Crippen LogP contribution >= 0.6 is 0 Å². The van der Waals surface area contributed by atoms with Crippen molar-refractivity contribution < 1.29 is 4.74 Å². The first-order valence-corrected chi connectivity index (χ1v) is 4.72. The highest BCUT2D eigenvalue weighted by atomic mass is 16.5. The van der Waals surface area contributed by atoms with Crippen LogP contribution in [0.4, 0.5) is 0 Å². The average molecular weight is 182 g/mol. The number of aliphatic imine (C=N–C) groups is 2. The van der Waals surface area contributed by atoms with Crippen LogP contribution in [0.3, 0.4) is 0 Å². The summed E-state index contributed by atoms with van der Waals surface area (Å²) in [5.41, 5.74) is 1.11. The Morgan fingerprint density at radius 3 is 2.38 bits per heavy atom. The first-order chi connectivity index (χ1) is 6.06. The molecule has 1 aliphatic heterocycles. The van der Waals surface area contributed by atoms with Gasteiger partial charge in [-0.1, -0.05) is 13.8 Å². The smallest absolute Gasteiger partial charge is 0.208 e. The van der Waals surface area contributed by atoms with E-state index in [1.807, 2.05) is 13.8 Å². The fourth-order valence-electron chi connectivity index (χ4n) is 1.63. The molecule has 0 bridgehead atoms. The Morgan fingerprint density at radius 2 is 1.92 bits per heavy atom. The molecule has 0 radical (unpaired) electrons. The molecule has 3 heteroatoms. The Morgan fingerprint density at radius 1 is 1.31 bits per heavy atom. The minimum atomic E-state index is 0.0833. The molecule has 0 aromatic heterocycles. The third-order valence-electron chi connectivity index (χ3n) is 2.29. The zero-order chi connectivity index (χ0) is 10.0. The first-order valence-electron chi connectivity index (χ1n) is 4.72. The minimum Gasteiger partial charge on any atom is -0.483 e. The van der Waals surface area contributed by atoms with Crippen molar-refractivity contribution in [3.63, 3.8) is 0 Å². The van der Waals surface area contributed by atoms with Gasteiger partial charge in [-0.15, -0.1) is 0 Å². The third kappa shape index (κ3) is 2.08. The molecule has 0 amide bonds. The van der Waals surface area contributed by atoms with Crippen LogP contribution in [-0.4, -0.2) is 30.8 Å². The van der Waals surface area contributed by atoms with Gasteiger partial charge in [-0.25, -0.2) is 4.99 Å². The molecule has 13 heavy (non-hydrogen) atoms. The second kappa shape index (κ2) is 3.90. The van der Waals surface area contributed by atoms with Gasteiger partial charge in [-0.3, -0.25) is 4.99 Å². The summed E-state index contributed by atoms with van der Waals surface area (Å²) in [5, 5.41) is 0. The lowest BCUT2D eigenvalue weighted by atomic mass is 9.99. The van der Waals surface area contributed by atoms with E-state index in [1.165, 1.54) is 0 Å². The van der Waals surface area contributed by atoms with Crippen molar-refractivity contribution in [2.24, 2.45) is 15.9 Å². The summed E-state index contributed by atoms with van der Waals surface area (Å²) in [4.78, 5) is 9.02. The van der Waals surface area contributed by atoms with Crippen LogP contribution in [0, 0.1) is 5.92 Å². The summed E-state index contributed by atoms with van der Waals surface area (Å²) in [7, 11) is 1.66. The van der Waals surface area contributed by atoms with Crippen molar-refractivity contribution in [2.75, 3.05) is 7.11 Å². The van der Waals surface area contributed by atoms with Crippen molar-refractivity contribution in [2.45, 2.75) is 39.8 Å². The standard InChI is InChI=1S/C10H18N2O/c1-6(2)9-7(3)11-8(4)10(12-9)13-5/h6,8-9H,1-5H3/t8-,9+/m1/s1. The third-order valence-corrected chi connectivity index (χ3v) is 2.29. The Labute approximate surface area is 79.9 Å². The highest BCUT2D eigenvalue weighted by molar-refractivity contribution is 5.96. The Hall–Kier alpha value is -0.860. The van der Waals surface area contributed by atoms with Crippen LogP contribution in [-0.2, 0) is 4.74 Å². The Balaban J connectivity index is 2.87. The maximum atomic E-state index is 5.18. The van der Waals surface area contributed by atoms with E-state index in [1.54, 1.807) is 7.11 Å². The second-order valence-corrected chi connectivity index (χ2v) is 3.81. The monoisotopic (exact) mass is 182 g/mol. The zero-order valence-electron chi connectivity index (χ0n) is 9.03. The SMILES string of the molecule is COC1=N[C@@H](C(C)C)C(C)=N[C@@H]1C. The van der Waals surface area contributed by atoms with Crippen LogP contribution < -0.4 is 0 Å². The lowest BCUT2D eigenvalue weighted by Crippen LogP contribution is -2.33. The molecule has 0 saturated carbocycles. The molecule has 0 aliphatic carbocycles. The molecular formula is C10H18N2O. The van der Waals surface area contributed by atoms with Gasteiger partial charge in [0.15, 0.2) is 0 Å². The fraction of sp³-hybridized carbons (Fsp3) is 0.800. The lowest BCUT2D eigenvalue weighted by molar-refractivity contribution is 0.374. The predicted molar refractivity (Wildman–Crippen MR) is 55.6 cm³/mol. The maximum absolute atomic E-state index is 5.18. The molecular weight excluding hydrogens is 164 g/mol. The summed E-state index contributed by atoms with van der Waals surface area (Å²) in [5.74, 6) is 1.24. The van der Waals surface area contributed by atoms with Gasteiger partial charge >= 0.3 is 0 Å². The molecule has 0 fully saturated rings. The van der Waals surface area contributed by atoms with Gasteiger partial charge in [0, 0.05) is 5.71 Å². The zero-order valence-corrected chi connectivity index (χ0v) is 9.03. The van der Waals surface area contributed by atoms with E-state index in [9.17, 15) is 0 Å². The molecule has 1 aliphatic rings.